The van der Waals surface area contributed by atoms with Crippen LogP contribution in [0.1, 0.15) is 42.8 Å². The van der Waals surface area contributed by atoms with E-state index in [9.17, 15) is 0 Å². The predicted molar refractivity (Wildman–Crippen MR) is 79.3 cm³/mol. The fourth-order valence-corrected chi connectivity index (χ4v) is 3.03. The topological polar surface area (TPSA) is 53.1 Å². The standard InChI is InChI=1S/C16H21N3O/c1-3-20-16-8-7-12(10-18-16)19-11(2)9-13-14(17)5-4-6-15(13)19/h7-10,14H,3-6,17H2,1-2H3. The Morgan fingerprint density at radius 3 is 3.00 bits per heavy atom. The molecule has 0 amide bonds. The van der Waals surface area contributed by atoms with Gasteiger partial charge in [0.05, 0.1) is 18.5 Å². The molecule has 2 N–H and O–H groups in total. The van der Waals surface area contributed by atoms with Gasteiger partial charge >= 0.3 is 0 Å². The minimum atomic E-state index is 0.175. The van der Waals surface area contributed by atoms with Gasteiger partial charge in [-0.3, -0.25) is 0 Å². The number of rotatable bonds is 3. The van der Waals surface area contributed by atoms with Crippen LogP contribution in [0.25, 0.3) is 5.69 Å². The number of fused-ring (bicyclic) bond motifs is 1. The van der Waals surface area contributed by atoms with Crippen LogP contribution in [0.5, 0.6) is 5.88 Å². The monoisotopic (exact) mass is 271 g/mol. The smallest absolute Gasteiger partial charge is 0.213 e. The lowest BCUT2D eigenvalue weighted by molar-refractivity contribution is 0.327. The second-order valence-electron chi connectivity index (χ2n) is 5.31. The largest absolute Gasteiger partial charge is 0.478 e. The Morgan fingerprint density at radius 1 is 1.45 bits per heavy atom. The second kappa shape index (κ2) is 5.29. The van der Waals surface area contributed by atoms with Crippen molar-refractivity contribution < 1.29 is 4.74 Å². The molecule has 3 rings (SSSR count). The van der Waals surface area contributed by atoms with Crippen LogP contribution in [0.3, 0.4) is 0 Å². The number of nitrogens with two attached hydrogens (primary N) is 1. The van der Waals surface area contributed by atoms with Gasteiger partial charge in [0.2, 0.25) is 5.88 Å². The summed E-state index contributed by atoms with van der Waals surface area (Å²) in [5.41, 5.74) is 11.2. The van der Waals surface area contributed by atoms with Gasteiger partial charge in [0, 0.05) is 23.5 Å². The van der Waals surface area contributed by atoms with E-state index in [0.717, 1.165) is 24.9 Å². The fraction of sp³-hybridized carbons (Fsp3) is 0.438. The Balaban J connectivity index is 2.01. The maximum atomic E-state index is 6.22. The highest BCUT2D eigenvalue weighted by atomic mass is 16.5. The molecule has 0 saturated carbocycles. The van der Waals surface area contributed by atoms with E-state index in [2.05, 4.69) is 28.6 Å². The van der Waals surface area contributed by atoms with Gasteiger partial charge in [-0.1, -0.05) is 0 Å². The first-order valence-electron chi connectivity index (χ1n) is 7.26. The van der Waals surface area contributed by atoms with E-state index in [4.69, 9.17) is 10.5 Å². The van der Waals surface area contributed by atoms with Crippen LogP contribution in [0.15, 0.2) is 24.4 Å². The molecule has 1 aliphatic carbocycles. The van der Waals surface area contributed by atoms with Crippen LogP contribution >= 0.6 is 0 Å². The molecule has 0 saturated heterocycles. The zero-order valence-corrected chi connectivity index (χ0v) is 12.1. The highest BCUT2D eigenvalue weighted by Gasteiger charge is 2.22. The summed E-state index contributed by atoms with van der Waals surface area (Å²) in [5, 5.41) is 0. The van der Waals surface area contributed by atoms with E-state index in [0.29, 0.717) is 12.5 Å². The van der Waals surface area contributed by atoms with Crippen molar-refractivity contribution in [1.82, 2.24) is 9.55 Å². The van der Waals surface area contributed by atoms with Crippen LogP contribution in [0.2, 0.25) is 0 Å². The Morgan fingerprint density at radius 2 is 2.30 bits per heavy atom. The van der Waals surface area contributed by atoms with Crippen molar-refractivity contribution in [3.63, 3.8) is 0 Å². The van der Waals surface area contributed by atoms with Gasteiger partial charge < -0.3 is 15.0 Å². The summed E-state index contributed by atoms with van der Waals surface area (Å²) in [6.45, 7) is 4.73. The molecule has 2 heterocycles. The van der Waals surface area contributed by atoms with Gasteiger partial charge in [-0.2, -0.15) is 0 Å². The number of pyridine rings is 1. The van der Waals surface area contributed by atoms with E-state index in [1.807, 2.05) is 19.2 Å². The molecule has 4 nitrogen and oxygen atoms in total. The Kier molecular flexibility index (Phi) is 3.49. The van der Waals surface area contributed by atoms with Crippen molar-refractivity contribution in [3.05, 3.63) is 41.3 Å². The van der Waals surface area contributed by atoms with Gasteiger partial charge in [-0.05, 0) is 50.8 Å². The first-order valence-corrected chi connectivity index (χ1v) is 7.26. The molecule has 0 radical (unpaired) electrons. The molecule has 0 aromatic carbocycles. The summed E-state index contributed by atoms with van der Waals surface area (Å²) in [6, 6.07) is 6.38. The maximum Gasteiger partial charge on any atom is 0.213 e. The lowest BCUT2D eigenvalue weighted by Crippen LogP contribution is -2.18. The normalized spacial score (nSPS) is 17.9. The van der Waals surface area contributed by atoms with Crippen molar-refractivity contribution in [2.75, 3.05) is 6.61 Å². The molecule has 2 aromatic rings. The maximum absolute atomic E-state index is 6.22. The van der Waals surface area contributed by atoms with Crippen LogP contribution in [-0.2, 0) is 6.42 Å². The van der Waals surface area contributed by atoms with E-state index < -0.39 is 0 Å². The van der Waals surface area contributed by atoms with Crippen molar-refractivity contribution in [2.45, 2.75) is 39.2 Å². The molecular weight excluding hydrogens is 250 g/mol. The third-order valence-electron chi connectivity index (χ3n) is 3.92. The molecular formula is C16H21N3O. The summed E-state index contributed by atoms with van der Waals surface area (Å²) in [7, 11) is 0. The summed E-state index contributed by atoms with van der Waals surface area (Å²) >= 11 is 0. The Labute approximate surface area is 119 Å². The van der Waals surface area contributed by atoms with Gasteiger partial charge in [0.15, 0.2) is 0 Å². The molecule has 0 aliphatic heterocycles. The Bertz CT molecular complexity index is 601. The third-order valence-corrected chi connectivity index (χ3v) is 3.92. The minimum absolute atomic E-state index is 0.175. The lowest BCUT2D eigenvalue weighted by Gasteiger charge is -2.21. The average molecular weight is 271 g/mol. The van der Waals surface area contributed by atoms with Crippen LogP contribution in [0.4, 0.5) is 0 Å². The zero-order chi connectivity index (χ0) is 14.1. The summed E-state index contributed by atoms with van der Waals surface area (Å²) < 4.78 is 7.67. The molecule has 20 heavy (non-hydrogen) atoms. The first-order chi connectivity index (χ1) is 9.70. The van der Waals surface area contributed by atoms with E-state index in [-0.39, 0.29) is 6.04 Å². The minimum Gasteiger partial charge on any atom is -0.478 e. The van der Waals surface area contributed by atoms with Gasteiger partial charge in [-0.15, -0.1) is 0 Å². The molecule has 1 aliphatic rings. The lowest BCUT2D eigenvalue weighted by atomic mass is 9.93. The van der Waals surface area contributed by atoms with Crippen molar-refractivity contribution >= 4 is 0 Å². The van der Waals surface area contributed by atoms with Crippen LogP contribution in [0, 0.1) is 6.92 Å². The average Bonchev–Trinajstić information content (AvgIpc) is 2.78. The predicted octanol–water partition coefficient (Wildman–Crippen LogP) is 2.92. The molecule has 0 spiro atoms. The number of nitrogens with zero attached hydrogens (tertiary/aromatic N) is 2. The summed E-state index contributed by atoms with van der Waals surface area (Å²) in [5.74, 6) is 0.673. The van der Waals surface area contributed by atoms with Crippen LogP contribution in [-0.4, -0.2) is 16.2 Å². The van der Waals surface area contributed by atoms with Crippen molar-refractivity contribution in [2.24, 2.45) is 5.73 Å². The fourth-order valence-electron chi connectivity index (χ4n) is 3.03. The van der Waals surface area contributed by atoms with E-state index >= 15 is 0 Å². The SMILES string of the molecule is CCOc1ccc(-n2c(C)cc3c2CCCC3N)cn1. The highest BCUT2D eigenvalue weighted by Crippen LogP contribution is 2.32. The molecule has 4 heteroatoms. The number of aryl methyl sites for hydroxylation is 1. The summed E-state index contributed by atoms with van der Waals surface area (Å²) in [4.78, 5) is 4.36. The first kappa shape index (κ1) is 13.2. The van der Waals surface area contributed by atoms with Crippen molar-refractivity contribution in [3.8, 4) is 11.6 Å². The van der Waals surface area contributed by atoms with E-state index in [1.54, 1.807) is 0 Å². The molecule has 106 valence electrons. The molecule has 0 bridgehead atoms. The molecule has 1 unspecified atom stereocenters. The Hall–Kier alpha value is -1.81. The molecule has 1 atom stereocenters. The quantitative estimate of drug-likeness (QED) is 0.934. The van der Waals surface area contributed by atoms with Crippen LogP contribution < -0.4 is 10.5 Å². The number of hydrogen-bond acceptors (Lipinski definition) is 3. The number of aromatic nitrogens is 2. The number of ether oxygens (including phenoxy) is 1. The van der Waals surface area contributed by atoms with Gasteiger partial charge in [0.25, 0.3) is 0 Å². The summed E-state index contributed by atoms with van der Waals surface area (Å²) in [6.07, 6.45) is 5.20. The van der Waals surface area contributed by atoms with Crippen molar-refractivity contribution in [1.29, 1.82) is 0 Å². The molecule has 2 aromatic heterocycles. The molecule has 0 fully saturated rings. The third kappa shape index (κ3) is 2.20. The zero-order valence-electron chi connectivity index (χ0n) is 12.1. The second-order valence-corrected chi connectivity index (χ2v) is 5.31. The van der Waals surface area contributed by atoms with Gasteiger partial charge in [-0.25, -0.2) is 4.98 Å². The van der Waals surface area contributed by atoms with Gasteiger partial charge in [0.1, 0.15) is 0 Å². The number of hydrogen-bond donors (Lipinski definition) is 1. The highest BCUT2D eigenvalue weighted by molar-refractivity contribution is 5.43. The van der Waals surface area contributed by atoms with E-state index in [1.165, 1.54) is 17.0 Å².